The van der Waals surface area contributed by atoms with E-state index in [2.05, 4.69) is 60.0 Å². The van der Waals surface area contributed by atoms with Crippen molar-refractivity contribution in [2.24, 2.45) is 4.99 Å². The molecule has 0 saturated carbocycles. The molecule has 0 spiro atoms. The van der Waals surface area contributed by atoms with Crippen molar-refractivity contribution < 1.29 is 4.74 Å². The summed E-state index contributed by atoms with van der Waals surface area (Å²) in [4.78, 5) is 4.73. The molecular weight excluding hydrogens is 413 g/mol. The summed E-state index contributed by atoms with van der Waals surface area (Å²) in [5.74, 6) is 0.857. The molecule has 3 rings (SSSR count). The van der Waals surface area contributed by atoms with Crippen molar-refractivity contribution in [3.05, 3.63) is 48.0 Å². The summed E-state index contributed by atoms with van der Waals surface area (Å²) in [7, 11) is 0. The van der Waals surface area contributed by atoms with Crippen LogP contribution in [0.25, 0.3) is 10.8 Å². The average molecular weight is 439 g/mol. The number of benzene rings is 2. The molecule has 1 unspecified atom stereocenters. The number of nitrogens with zero attached hydrogens (tertiary/aromatic N) is 1. The second kappa shape index (κ2) is 9.84. The summed E-state index contributed by atoms with van der Waals surface area (Å²) in [6.45, 7) is 5.31. The molecule has 4 nitrogen and oxygen atoms in total. The number of fused-ring (bicyclic) bond motifs is 1. The van der Waals surface area contributed by atoms with Crippen molar-refractivity contribution in [2.75, 3.05) is 19.7 Å². The molecule has 1 aliphatic heterocycles. The Bertz CT molecular complexity index is 663. The van der Waals surface area contributed by atoms with Crippen molar-refractivity contribution in [2.45, 2.75) is 32.4 Å². The van der Waals surface area contributed by atoms with E-state index in [0.717, 1.165) is 38.5 Å². The molecule has 2 N–H and O–H groups in total. The van der Waals surface area contributed by atoms with Gasteiger partial charge in [-0.3, -0.25) is 0 Å². The summed E-state index contributed by atoms with van der Waals surface area (Å²) in [6, 6.07) is 14.8. The Balaban J connectivity index is 0.00000208. The van der Waals surface area contributed by atoms with Crippen molar-refractivity contribution in [3.63, 3.8) is 0 Å². The van der Waals surface area contributed by atoms with Gasteiger partial charge in [-0.15, -0.1) is 24.0 Å². The zero-order valence-electron chi connectivity index (χ0n) is 14.1. The van der Waals surface area contributed by atoms with E-state index in [1.165, 1.54) is 16.3 Å². The monoisotopic (exact) mass is 439 g/mol. The Labute approximate surface area is 161 Å². The van der Waals surface area contributed by atoms with Crippen LogP contribution in [-0.2, 0) is 11.3 Å². The third-order valence-corrected chi connectivity index (χ3v) is 4.15. The molecule has 2 aromatic rings. The number of ether oxygens (including phenoxy) is 1. The van der Waals surface area contributed by atoms with Crippen molar-refractivity contribution in [1.29, 1.82) is 0 Å². The minimum atomic E-state index is 0. The molecule has 1 heterocycles. The Morgan fingerprint density at radius 2 is 2.00 bits per heavy atom. The van der Waals surface area contributed by atoms with Gasteiger partial charge in [-0.05, 0) is 36.1 Å². The maximum Gasteiger partial charge on any atom is 0.191 e. The highest BCUT2D eigenvalue weighted by Gasteiger charge is 2.15. The quantitative estimate of drug-likeness (QED) is 0.425. The predicted octanol–water partition coefficient (Wildman–Crippen LogP) is 3.69. The maximum absolute atomic E-state index is 5.66. The number of nitrogens with one attached hydrogen (secondary N) is 2. The van der Waals surface area contributed by atoms with E-state index in [4.69, 9.17) is 9.73 Å². The molecule has 1 aliphatic rings. The average Bonchev–Trinajstić information content (AvgIpc) is 3.11. The molecule has 0 aromatic heterocycles. The van der Waals surface area contributed by atoms with Gasteiger partial charge in [0.15, 0.2) is 5.96 Å². The van der Waals surface area contributed by atoms with Gasteiger partial charge < -0.3 is 15.4 Å². The summed E-state index contributed by atoms with van der Waals surface area (Å²) >= 11 is 0. The van der Waals surface area contributed by atoms with Gasteiger partial charge in [0.2, 0.25) is 0 Å². The van der Waals surface area contributed by atoms with E-state index >= 15 is 0 Å². The molecule has 24 heavy (non-hydrogen) atoms. The number of hydrogen-bond acceptors (Lipinski definition) is 2. The maximum atomic E-state index is 5.66. The van der Waals surface area contributed by atoms with Crippen LogP contribution < -0.4 is 10.6 Å². The van der Waals surface area contributed by atoms with Crippen LogP contribution >= 0.6 is 24.0 Å². The molecule has 0 radical (unpaired) electrons. The highest BCUT2D eigenvalue weighted by Crippen LogP contribution is 2.19. The van der Waals surface area contributed by atoms with Crippen LogP contribution in [0.5, 0.6) is 0 Å². The summed E-state index contributed by atoms with van der Waals surface area (Å²) < 4.78 is 5.66. The normalized spacial score (nSPS) is 17.5. The van der Waals surface area contributed by atoms with E-state index in [1.54, 1.807) is 0 Å². The van der Waals surface area contributed by atoms with E-state index in [1.807, 2.05) is 0 Å². The first kappa shape index (κ1) is 19.0. The van der Waals surface area contributed by atoms with E-state index in [9.17, 15) is 0 Å². The topological polar surface area (TPSA) is 45.7 Å². The number of halogens is 1. The van der Waals surface area contributed by atoms with Gasteiger partial charge in [-0.2, -0.15) is 0 Å². The minimum Gasteiger partial charge on any atom is -0.376 e. The minimum absolute atomic E-state index is 0. The van der Waals surface area contributed by atoms with Gasteiger partial charge in [0.05, 0.1) is 12.6 Å². The van der Waals surface area contributed by atoms with Crippen molar-refractivity contribution >= 4 is 40.7 Å². The fraction of sp³-hybridized carbons (Fsp3) is 0.421. The first-order chi connectivity index (χ1) is 11.4. The molecule has 0 aliphatic carbocycles. The third kappa shape index (κ3) is 5.08. The number of aliphatic imine (C=N–C) groups is 1. The van der Waals surface area contributed by atoms with Crippen LogP contribution in [0.1, 0.15) is 25.3 Å². The largest absolute Gasteiger partial charge is 0.376 e. The summed E-state index contributed by atoms with van der Waals surface area (Å²) in [5.41, 5.74) is 1.25. The lowest BCUT2D eigenvalue weighted by Gasteiger charge is -2.15. The second-order valence-electron chi connectivity index (χ2n) is 5.85. The lowest BCUT2D eigenvalue weighted by molar-refractivity contribution is 0.114. The zero-order valence-corrected chi connectivity index (χ0v) is 16.5. The number of hydrogen-bond donors (Lipinski definition) is 2. The van der Waals surface area contributed by atoms with E-state index < -0.39 is 0 Å². The van der Waals surface area contributed by atoms with Gasteiger partial charge >= 0.3 is 0 Å². The molecule has 1 atom stereocenters. The number of guanidine groups is 1. The van der Waals surface area contributed by atoms with Crippen LogP contribution in [0, 0.1) is 0 Å². The molecule has 0 amide bonds. The molecule has 130 valence electrons. The van der Waals surface area contributed by atoms with E-state index in [-0.39, 0.29) is 24.0 Å². The number of rotatable bonds is 5. The first-order valence-corrected chi connectivity index (χ1v) is 8.47. The lowest BCUT2D eigenvalue weighted by atomic mass is 10.1. The molecular formula is C19H26IN3O. The van der Waals surface area contributed by atoms with Gasteiger partial charge in [0.25, 0.3) is 0 Å². The summed E-state index contributed by atoms with van der Waals surface area (Å²) in [6.07, 6.45) is 2.61. The van der Waals surface area contributed by atoms with Crippen LogP contribution in [0.3, 0.4) is 0 Å². The van der Waals surface area contributed by atoms with Crippen molar-refractivity contribution in [3.8, 4) is 0 Å². The van der Waals surface area contributed by atoms with Gasteiger partial charge in [-0.25, -0.2) is 4.99 Å². The fourth-order valence-corrected chi connectivity index (χ4v) is 2.95. The highest BCUT2D eigenvalue weighted by atomic mass is 127. The van der Waals surface area contributed by atoms with Crippen molar-refractivity contribution in [1.82, 2.24) is 10.6 Å². The summed E-state index contributed by atoms with van der Waals surface area (Å²) in [5, 5.41) is 9.24. The molecule has 2 aromatic carbocycles. The Hall–Kier alpha value is -1.34. The van der Waals surface area contributed by atoms with Gasteiger partial charge in [0, 0.05) is 19.7 Å². The first-order valence-electron chi connectivity index (χ1n) is 8.47. The molecule has 5 heteroatoms. The second-order valence-corrected chi connectivity index (χ2v) is 5.85. The van der Waals surface area contributed by atoms with Crippen LogP contribution in [0.4, 0.5) is 0 Å². The zero-order chi connectivity index (χ0) is 15.9. The highest BCUT2D eigenvalue weighted by molar-refractivity contribution is 14.0. The fourth-order valence-electron chi connectivity index (χ4n) is 2.95. The van der Waals surface area contributed by atoms with Gasteiger partial charge in [-0.1, -0.05) is 42.5 Å². The lowest BCUT2D eigenvalue weighted by Crippen LogP contribution is -2.41. The molecule has 0 bridgehead atoms. The SMILES string of the molecule is CCNC(=NCc1cccc2ccccc12)NCC1CCCO1.I. The third-order valence-electron chi connectivity index (χ3n) is 4.15. The molecule has 1 saturated heterocycles. The van der Waals surface area contributed by atoms with Crippen LogP contribution in [0.2, 0.25) is 0 Å². The Morgan fingerprint density at radius 3 is 2.79 bits per heavy atom. The Morgan fingerprint density at radius 1 is 1.17 bits per heavy atom. The predicted molar refractivity (Wildman–Crippen MR) is 111 cm³/mol. The van der Waals surface area contributed by atoms with Crippen LogP contribution in [-0.4, -0.2) is 31.8 Å². The Kier molecular flexibility index (Phi) is 7.78. The van der Waals surface area contributed by atoms with E-state index in [0.29, 0.717) is 12.6 Å². The smallest absolute Gasteiger partial charge is 0.191 e. The standard InChI is InChI=1S/C19H25N3O.HI/c1-2-20-19(22-14-17-10-6-12-23-17)21-13-16-9-5-8-15-7-3-4-11-18(15)16;/h3-5,7-9,11,17H,2,6,10,12-14H2,1H3,(H2,20,21,22);1H. The van der Waals surface area contributed by atoms with Crippen LogP contribution in [0.15, 0.2) is 47.5 Å². The van der Waals surface area contributed by atoms with Gasteiger partial charge in [0.1, 0.15) is 0 Å². The molecule has 1 fully saturated rings.